The zero-order valence-corrected chi connectivity index (χ0v) is 15.8. The molecule has 1 aromatic carbocycles. The molecule has 144 valence electrons. The van der Waals surface area contributed by atoms with Crippen molar-refractivity contribution in [3.63, 3.8) is 0 Å². The Kier molecular flexibility index (Phi) is 9.01. The Bertz CT molecular complexity index is 538. The summed E-state index contributed by atoms with van der Waals surface area (Å²) in [6.45, 7) is 4.07. The Morgan fingerprint density at radius 2 is 1.69 bits per heavy atom. The molecule has 0 spiro atoms. The van der Waals surface area contributed by atoms with Crippen LogP contribution in [0, 0.1) is 5.92 Å². The number of unbranched alkanes of at least 4 members (excludes halogenated alkanes) is 4. The van der Waals surface area contributed by atoms with Crippen molar-refractivity contribution < 1.29 is 19.1 Å². The average Bonchev–Trinajstić information content (AvgIpc) is 2.69. The van der Waals surface area contributed by atoms with Crippen LogP contribution < -0.4 is 0 Å². The molecule has 0 bridgehead atoms. The molecule has 5 nitrogen and oxygen atoms in total. The Balaban J connectivity index is 1.60. The molecule has 1 fully saturated rings. The summed E-state index contributed by atoms with van der Waals surface area (Å²) in [5, 5.41) is 0. The predicted molar refractivity (Wildman–Crippen MR) is 101 cm³/mol. The molecule has 26 heavy (non-hydrogen) atoms. The van der Waals surface area contributed by atoms with E-state index in [-0.39, 0.29) is 24.6 Å². The topological polar surface area (TPSA) is 55.8 Å². The molecular weight excluding hydrogens is 330 g/mol. The number of hydrogen-bond donors (Lipinski definition) is 0. The van der Waals surface area contributed by atoms with Gasteiger partial charge in [0.15, 0.2) is 0 Å². The number of nitrogens with zero attached hydrogens (tertiary/aromatic N) is 1. The number of rotatable bonds is 9. The van der Waals surface area contributed by atoms with Crippen LogP contribution in [-0.4, -0.2) is 36.7 Å². The van der Waals surface area contributed by atoms with Crippen molar-refractivity contribution in [3.05, 3.63) is 35.9 Å². The number of amides is 1. The van der Waals surface area contributed by atoms with Gasteiger partial charge in [-0.15, -0.1) is 0 Å². The molecule has 1 saturated heterocycles. The first kappa shape index (κ1) is 20.3. The van der Waals surface area contributed by atoms with Crippen molar-refractivity contribution >= 4 is 12.1 Å². The minimum atomic E-state index is -0.309. The van der Waals surface area contributed by atoms with Crippen LogP contribution in [-0.2, 0) is 20.9 Å². The molecule has 0 N–H and O–H groups in total. The summed E-state index contributed by atoms with van der Waals surface area (Å²) < 4.78 is 10.7. The third-order valence-corrected chi connectivity index (χ3v) is 4.78. The van der Waals surface area contributed by atoms with E-state index in [9.17, 15) is 9.59 Å². The van der Waals surface area contributed by atoms with E-state index >= 15 is 0 Å². The normalized spacial score (nSPS) is 14.9. The summed E-state index contributed by atoms with van der Waals surface area (Å²) in [6, 6.07) is 9.63. The van der Waals surface area contributed by atoms with Crippen LogP contribution in [0.3, 0.4) is 0 Å². The molecule has 0 aromatic heterocycles. The van der Waals surface area contributed by atoms with E-state index in [1.807, 2.05) is 30.3 Å². The predicted octanol–water partition coefficient (Wildman–Crippen LogP) is 4.55. The van der Waals surface area contributed by atoms with Gasteiger partial charge in [0, 0.05) is 13.1 Å². The molecule has 1 aliphatic heterocycles. The second kappa shape index (κ2) is 11.6. The number of esters is 1. The van der Waals surface area contributed by atoms with Gasteiger partial charge >= 0.3 is 12.1 Å². The number of likely N-dealkylation sites (tertiary alicyclic amines) is 1. The number of ether oxygens (including phenoxy) is 2. The van der Waals surface area contributed by atoms with Gasteiger partial charge in [-0.05, 0) is 24.8 Å². The molecule has 0 saturated carbocycles. The molecular formula is C21H31NO4. The molecule has 1 aromatic rings. The summed E-state index contributed by atoms with van der Waals surface area (Å²) in [5.74, 6) is -0.207. The average molecular weight is 361 g/mol. The third-order valence-electron chi connectivity index (χ3n) is 4.78. The Hall–Kier alpha value is -2.04. The fourth-order valence-corrected chi connectivity index (χ4v) is 3.10. The monoisotopic (exact) mass is 361 g/mol. The van der Waals surface area contributed by atoms with Gasteiger partial charge in [0.05, 0.1) is 12.5 Å². The highest BCUT2D eigenvalue weighted by atomic mass is 16.6. The van der Waals surface area contributed by atoms with E-state index in [2.05, 4.69) is 6.92 Å². The van der Waals surface area contributed by atoms with Gasteiger partial charge in [-0.2, -0.15) is 0 Å². The number of carbonyl (C=O) groups is 2. The lowest BCUT2D eigenvalue weighted by Gasteiger charge is -2.30. The first-order valence-corrected chi connectivity index (χ1v) is 9.83. The second-order valence-corrected chi connectivity index (χ2v) is 6.88. The van der Waals surface area contributed by atoms with Gasteiger partial charge in [-0.1, -0.05) is 62.9 Å². The summed E-state index contributed by atoms with van der Waals surface area (Å²) in [7, 11) is 0. The zero-order chi connectivity index (χ0) is 18.6. The van der Waals surface area contributed by atoms with E-state index in [1.54, 1.807) is 4.90 Å². The number of benzene rings is 1. The van der Waals surface area contributed by atoms with Crippen LogP contribution in [0.4, 0.5) is 4.79 Å². The summed E-state index contributed by atoms with van der Waals surface area (Å²) in [6.07, 6.45) is 6.71. The molecule has 0 aliphatic carbocycles. The molecule has 1 amide bonds. The van der Waals surface area contributed by atoms with Crippen LogP contribution in [0.25, 0.3) is 0 Å². The SMILES string of the molecule is CCCCCCCOC(=O)C1CCN(C(=O)OCc2ccccc2)CC1. The lowest BCUT2D eigenvalue weighted by Crippen LogP contribution is -2.40. The lowest BCUT2D eigenvalue weighted by atomic mass is 9.97. The zero-order valence-electron chi connectivity index (χ0n) is 15.8. The molecule has 2 rings (SSSR count). The molecule has 0 radical (unpaired) electrons. The minimum absolute atomic E-state index is 0.0937. The van der Waals surface area contributed by atoms with Gasteiger partial charge in [-0.25, -0.2) is 4.79 Å². The van der Waals surface area contributed by atoms with Gasteiger partial charge in [0.1, 0.15) is 6.61 Å². The maximum atomic E-state index is 12.1. The highest BCUT2D eigenvalue weighted by Crippen LogP contribution is 2.20. The van der Waals surface area contributed by atoms with Crippen molar-refractivity contribution in [3.8, 4) is 0 Å². The number of hydrogen-bond acceptors (Lipinski definition) is 4. The van der Waals surface area contributed by atoms with Gasteiger partial charge in [0.2, 0.25) is 0 Å². The third kappa shape index (κ3) is 7.06. The molecule has 1 aliphatic rings. The van der Waals surface area contributed by atoms with E-state index in [0.29, 0.717) is 32.5 Å². The van der Waals surface area contributed by atoms with Crippen LogP contribution in [0.2, 0.25) is 0 Å². The first-order chi connectivity index (χ1) is 12.7. The van der Waals surface area contributed by atoms with Crippen LogP contribution >= 0.6 is 0 Å². The highest BCUT2D eigenvalue weighted by Gasteiger charge is 2.28. The Labute approximate surface area is 156 Å². The quantitative estimate of drug-likeness (QED) is 0.478. The standard InChI is InChI=1S/C21H31NO4/c1-2-3-4-5-9-16-25-20(23)19-12-14-22(15-13-19)21(24)26-17-18-10-7-6-8-11-18/h6-8,10-11,19H,2-5,9,12-17H2,1H3. The van der Waals surface area contributed by atoms with Crippen LogP contribution in [0.1, 0.15) is 57.4 Å². The fourth-order valence-electron chi connectivity index (χ4n) is 3.10. The lowest BCUT2D eigenvalue weighted by molar-refractivity contribution is -0.150. The van der Waals surface area contributed by atoms with Crippen molar-refractivity contribution in [1.82, 2.24) is 4.90 Å². The number of piperidine rings is 1. The minimum Gasteiger partial charge on any atom is -0.465 e. The molecule has 0 atom stereocenters. The molecule has 1 heterocycles. The van der Waals surface area contributed by atoms with E-state index in [4.69, 9.17) is 9.47 Å². The van der Waals surface area contributed by atoms with Crippen molar-refractivity contribution in [1.29, 1.82) is 0 Å². The van der Waals surface area contributed by atoms with Crippen LogP contribution in [0.5, 0.6) is 0 Å². The van der Waals surface area contributed by atoms with E-state index in [0.717, 1.165) is 18.4 Å². The summed E-state index contributed by atoms with van der Waals surface area (Å²) >= 11 is 0. The summed E-state index contributed by atoms with van der Waals surface area (Å²) in [4.78, 5) is 25.9. The van der Waals surface area contributed by atoms with Crippen molar-refractivity contribution in [2.24, 2.45) is 5.92 Å². The maximum absolute atomic E-state index is 12.1. The molecule has 0 unspecified atom stereocenters. The number of carbonyl (C=O) groups excluding carboxylic acids is 2. The van der Waals surface area contributed by atoms with E-state index < -0.39 is 0 Å². The Morgan fingerprint density at radius 3 is 2.38 bits per heavy atom. The maximum Gasteiger partial charge on any atom is 0.410 e. The van der Waals surface area contributed by atoms with Crippen LogP contribution in [0.15, 0.2) is 30.3 Å². The molecule has 5 heteroatoms. The summed E-state index contributed by atoms with van der Waals surface area (Å²) in [5.41, 5.74) is 0.971. The smallest absolute Gasteiger partial charge is 0.410 e. The largest absolute Gasteiger partial charge is 0.465 e. The Morgan fingerprint density at radius 1 is 1.00 bits per heavy atom. The second-order valence-electron chi connectivity index (χ2n) is 6.88. The highest BCUT2D eigenvalue weighted by molar-refractivity contribution is 5.73. The fraction of sp³-hybridized carbons (Fsp3) is 0.619. The van der Waals surface area contributed by atoms with Gasteiger partial charge in [0.25, 0.3) is 0 Å². The van der Waals surface area contributed by atoms with E-state index in [1.165, 1.54) is 19.3 Å². The van der Waals surface area contributed by atoms with Crippen molar-refractivity contribution in [2.75, 3.05) is 19.7 Å². The van der Waals surface area contributed by atoms with Gasteiger partial charge in [-0.3, -0.25) is 4.79 Å². The van der Waals surface area contributed by atoms with Crippen molar-refractivity contribution in [2.45, 2.75) is 58.5 Å². The van der Waals surface area contributed by atoms with Gasteiger partial charge < -0.3 is 14.4 Å². The first-order valence-electron chi connectivity index (χ1n) is 9.83.